The molecule has 1 aliphatic heterocycles. The zero-order valence-corrected chi connectivity index (χ0v) is 11.6. The summed E-state index contributed by atoms with van der Waals surface area (Å²) >= 11 is 1.88. The Morgan fingerprint density at radius 1 is 1.41 bits per heavy atom. The number of hydrogen-bond donors (Lipinski definition) is 1. The van der Waals surface area contributed by atoms with E-state index in [2.05, 4.69) is 34.7 Å². The zero-order chi connectivity index (χ0) is 11.9. The Bertz CT molecular complexity index is 291. The van der Waals surface area contributed by atoms with E-state index in [1.54, 1.807) is 0 Å². The highest BCUT2D eigenvalue weighted by molar-refractivity contribution is 7.09. The van der Waals surface area contributed by atoms with E-state index >= 15 is 0 Å². The summed E-state index contributed by atoms with van der Waals surface area (Å²) in [4.78, 5) is 4.07. The van der Waals surface area contributed by atoms with Crippen molar-refractivity contribution in [2.75, 3.05) is 26.2 Å². The van der Waals surface area contributed by atoms with Gasteiger partial charge in [-0.25, -0.2) is 0 Å². The van der Waals surface area contributed by atoms with E-state index in [0.29, 0.717) is 0 Å². The molecule has 0 amide bonds. The second-order valence-corrected chi connectivity index (χ2v) is 5.96. The topological polar surface area (TPSA) is 15.3 Å². The fourth-order valence-corrected chi connectivity index (χ4v) is 3.25. The maximum atomic E-state index is 3.44. The third-order valence-electron chi connectivity index (χ3n) is 3.72. The van der Waals surface area contributed by atoms with Crippen LogP contribution in [0.4, 0.5) is 0 Å². The molecule has 1 fully saturated rings. The molecule has 0 spiro atoms. The van der Waals surface area contributed by atoms with E-state index in [1.165, 1.54) is 50.3 Å². The molecule has 2 rings (SSSR count). The quantitative estimate of drug-likeness (QED) is 0.837. The standard InChI is InChI=1S/C14H24N2S/c1-2-16(12-14-4-3-11-17-14)10-7-13-5-8-15-9-6-13/h3-4,11,13,15H,2,5-10,12H2,1H3. The maximum Gasteiger partial charge on any atom is 0.0327 e. The van der Waals surface area contributed by atoms with Crippen molar-refractivity contribution in [1.82, 2.24) is 10.2 Å². The average molecular weight is 252 g/mol. The molecule has 17 heavy (non-hydrogen) atoms. The Hall–Kier alpha value is -0.380. The second-order valence-electron chi connectivity index (χ2n) is 4.93. The van der Waals surface area contributed by atoms with Gasteiger partial charge in [-0.05, 0) is 62.8 Å². The van der Waals surface area contributed by atoms with E-state index in [4.69, 9.17) is 0 Å². The SMILES string of the molecule is CCN(CCC1CCNCC1)Cc1cccs1. The molecule has 0 bridgehead atoms. The summed E-state index contributed by atoms with van der Waals surface area (Å²) in [6, 6.07) is 4.40. The first-order valence-corrected chi connectivity index (χ1v) is 7.72. The highest BCUT2D eigenvalue weighted by atomic mass is 32.1. The van der Waals surface area contributed by atoms with Crippen molar-refractivity contribution in [3.8, 4) is 0 Å². The second kappa shape index (κ2) is 7.14. The van der Waals surface area contributed by atoms with Gasteiger partial charge in [-0.1, -0.05) is 13.0 Å². The summed E-state index contributed by atoms with van der Waals surface area (Å²) in [6.45, 7) is 8.29. The molecule has 3 heteroatoms. The number of nitrogens with zero attached hydrogens (tertiary/aromatic N) is 1. The van der Waals surface area contributed by atoms with Crippen LogP contribution in [0.3, 0.4) is 0 Å². The highest BCUT2D eigenvalue weighted by Crippen LogP contribution is 2.18. The Labute approximate surface area is 109 Å². The zero-order valence-electron chi connectivity index (χ0n) is 10.8. The molecular weight excluding hydrogens is 228 g/mol. The van der Waals surface area contributed by atoms with Crippen LogP contribution in [0.5, 0.6) is 0 Å². The van der Waals surface area contributed by atoms with Gasteiger partial charge >= 0.3 is 0 Å². The lowest BCUT2D eigenvalue weighted by Crippen LogP contribution is -2.31. The fraction of sp³-hybridized carbons (Fsp3) is 0.714. The molecule has 0 radical (unpaired) electrons. The Morgan fingerprint density at radius 3 is 2.88 bits per heavy atom. The van der Waals surface area contributed by atoms with Crippen molar-refractivity contribution in [2.24, 2.45) is 5.92 Å². The lowest BCUT2D eigenvalue weighted by molar-refractivity contribution is 0.239. The van der Waals surface area contributed by atoms with Gasteiger partial charge in [-0.15, -0.1) is 11.3 Å². The van der Waals surface area contributed by atoms with Gasteiger partial charge in [0.1, 0.15) is 0 Å². The predicted octanol–water partition coefficient (Wildman–Crippen LogP) is 2.96. The molecule has 0 saturated carbocycles. The van der Waals surface area contributed by atoms with Crippen LogP contribution in [0, 0.1) is 5.92 Å². The van der Waals surface area contributed by atoms with Crippen molar-refractivity contribution >= 4 is 11.3 Å². The number of nitrogens with one attached hydrogen (secondary N) is 1. The minimum Gasteiger partial charge on any atom is -0.317 e. The van der Waals surface area contributed by atoms with Crippen LogP contribution in [0.25, 0.3) is 0 Å². The van der Waals surface area contributed by atoms with Crippen molar-refractivity contribution in [3.63, 3.8) is 0 Å². The predicted molar refractivity (Wildman–Crippen MR) is 75.5 cm³/mol. The van der Waals surface area contributed by atoms with Gasteiger partial charge in [0.15, 0.2) is 0 Å². The van der Waals surface area contributed by atoms with Crippen LogP contribution in [-0.4, -0.2) is 31.1 Å². The summed E-state index contributed by atoms with van der Waals surface area (Å²) in [5, 5.41) is 5.62. The molecule has 1 saturated heterocycles. The summed E-state index contributed by atoms with van der Waals surface area (Å²) in [6.07, 6.45) is 4.12. The lowest BCUT2D eigenvalue weighted by atomic mass is 9.94. The molecule has 1 aromatic rings. The first-order valence-electron chi connectivity index (χ1n) is 6.84. The normalized spacial score (nSPS) is 17.8. The first-order chi connectivity index (χ1) is 8.38. The van der Waals surface area contributed by atoms with Crippen molar-refractivity contribution in [3.05, 3.63) is 22.4 Å². The lowest BCUT2D eigenvalue weighted by Gasteiger charge is -2.26. The minimum atomic E-state index is 0.952. The van der Waals surface area contributed by atoms with Gasteiger partial charge in [0, 0.05) is 11.4 Å². The summed E-state index contributed by atoms with van der Waals surface area (Å²) in [5.74, 6) is 0.952. The third kappa shape index (κ3) is 4.41. The van der Waals surface area contributed by atoms with Crippen molar-refractivity contribution in [1.29, 1.82) is 0 Å². The van der Waals surface area contributed by atoms with Crippen LogP contribution in [0.15, 0.2) is 17.5 Å². The van der Waals surface area contributed by atoms with Gasteiger partial charge < -0.3 is 5.32 Å². The van der Waals surface area contributed by atoms with Crippen molar-refractivity contribution in [2.45, 2.75) is 32.7 Å². The summed E-state index contributed by atoms with van der Waals surface area (Å²) < 4.78 is 0. The van der Waals surface area contributed by atoms with E-state index in [1.807, 2.05) is 11.3 Å². The molecule has 2 heterocycles. The molecule has 0 atom stereocenters. The van der Waals surface area contributed by atoms with E-state index < -0.39 is 0 Å². The third-order valence-corrected chi connectivity index (χ3v) is 4.58. The molecule has 0 aromatic carbocycles. The largest absolute Gasteiger partial charge is 0.317 e. The van der Waals surface area contributed by atoms with E-state index in [9.17, 15) is 0 Å². The number of hydrogen-bond acceptors (Lipinski definition) is 3. The van der Waals surface area contributed by atoms with Crippen LogP contribution in [0.2, 0.25) is 0 Å². The molecule has 1 aliphatic rings. The molecule has 96 valence electrons. The van der Waals surface area contributed by atoms with Gasteiger partial charge in [0.25, 0.3) is 0 Å². The average Bonchev–Trinajstić information content (AvgIpc) is 2.88. The van der Waals surface area contributed by atoms with Gasteiger partial charge in [-0.3, -0.25) is 4.90 Å². The fourth-order valence-electron chi connectivity index (χ4n) is 2.51. The molecule has 0 aliphatic carbocycles. The minimum absolute atomic E-state index is 0.952. The molecule has 0 unspecified atom stereocenters. The van der Waals surface area contributed by atoms with Gasteiger partial charge in [0.2, 0.25) is 0 Å². The van der Waals surface area contributed by atoms with Crippen LogP contribution in [-0.2, 0) is 6.54 Å². The van der Waals surface area contributed by atoms with Crippen LogP contribution in [0.1, 0.15) is 31.1 Å². The van der Waals surface area contributed by atoms with Crippen LogP contribution >= 0.6 is 11.3 Å². The summed E-state index contributed by atoms with van der Waals surface area (Å²) in [5.41, 5.74) is 0. The highest BCUT2D eigenvalue weighted by Gasteiger charge is 2.14. The van der Waals surface area contributed by atoms with Crippen LogP contribution < -0.4 is 5.32 Å². The Kier molecular flexibility index (Phi) is 5.49. The summed E-state index contributed by atoms with van der Waals surface area (Å²) in [7, 11) is 0. The van der Waals surface area contributed by atoms with E-state index in [-0.39, 0.29) is 0 Å². The number of rotatable bonds is 6. The Balaban J connectivity index is 1.71. The van der Waals surface area contributed by atoms with Gasteiger partial charge in [-0.2, -0.15) is 0 Å². The van der Waals surface area contributed by atoms with Gasteiger partial charge in [0.05, 0.1) is 0 Å². The smallest absolute Gasteiger partial charge is 0.0327 e. The Morgan fingerprint density at radius 2 is 2.24 bits per heavy atom. The monoisotopic (exact) mass is 252 g/mol. The first kappa shape index (κ1) is 13.1. The molecular formula is C14H24N2S. The number of thiophene rings is 1. The van der Waals surface area contributed by atoms with E-state index in [0.717, 1.165) is 12.5 Å². The molecule has 2 nitrogen and oxygen atoms in total. The number of piperidine rings is 1. The maximum absolute atomic E-state index is 3.44. The van der Waals surface area contributed by atoms with Crippen molar-refractivity contribution < 1.29 is 0 Å². The molecule has 1 aromatic heterocycles. The molecule has 1 N–H and O–H groups in total.